The van der Waals surface area contributed by atoms with E-state index in [4.69, 9.17) is 9.15 Å². The molecule has 1 N–H and O–H groups in total. The normalized spacial score (nSPS) is 11.2. The quantitative estimate of drug-likeness (QED) is 0.522. The predicted octanol–water partition coefficient (Wildman–Crippen LogP) is 3.42. The maximum absolute atomic E-state index is 13.8. The highest BCUT2D eigenvalue weighted by Crippen LogP contribution is 2.20. The van der Waals surface area contributed by atoms with Gasteiger partial charge in [-0.05, 0) is 44.5 Å². The molecule has 146 valence electrons. The van der Waals surface area contributed by atoms with Gasteiger partial charge in [-0.1, -0.05) is 17.7 Å². The van der Waals surface area contributed by atoms with Crippen LogP contribution in [0, 0.1) is 26.7 Å². The van der Waals surface area contributed by atoms with Crippen molar-refractivity contribution >= 4 is 12.1 Å². The number of halogens is 1. The number of furan rings is 1. The summed E-state index contributed by atoms with van der Waals surface area (Å²) >= 11 is 0. The summed E-state index contributed by atoms with van der Waals surface area (Å²) < 4.78 is 26.1. The lowest BCUT2D eigenvalue weighted by atomic mass is 10.1. The number of nitrogens with zero attached hydrogens (tertiary/aromatic N) is 3. The summed E-state index contributed by atoms with van der Waals surface area (Å²) in [4.78, 5) is 12.1. The zero-order valence-corrected chi connectivity index (χ0v) is 16.1. The number of ether oxygens (including phenoxy) is 1. The smallest absolute Gasteiger partial charge is 0.307 e. The Morgan fingerprint density at radius 2 is 2.11 bits per heavy atom. The molecule has 2 aromatic heterocycles. The number of benzene rings is 1. The number of amides is 1. The molecule has 0 unspecified atom stereocenters. The highest BCUT2D eigenvalue weighted by Gasteiger charge is 2.13. The van der Waals surface area contributed by atoms with Crippen LogP contribution in [0.5, 0.6) is 5.75 Å². The number of hydrogen-bond acceptors (Lipinski definition) is 5. The summed E-state index contributed by atoms with van der Waals surface area (Å²) in [6.45, 7) is 5.83. The minimum Gasteiger partial charge on any atom is -0.485 e. The predicted molar refractivity (Wildman–Crippen MR) is 102 cm³/mol. The van der Waals surface area contributed by atoms with Gasteiger partial charge in [-0.2, -0.15) is 14.6 Å². The van der Waals surface area contributed by atoms with Crippen LogP contribution in [0.4, 0.5) is 4.39 Å². The van der Waals surface area contributed by atoms with Crippen molar-refractivity contribution in [2.45, 2.75) is 27.4 Å². The number of rotatable bonds is 6. The lowest BCUT2D eigenvalue weighted by molar-refractivity contribution is 0.0923. The molecule has 0 saturated heterocycles. The van der Waals surface area contributed by atoms with Gasteiger partial charge >= 0.3 is 5.91 Å². The van der Waals surface area contributed by atoms with Gasteiger partial charge in [0.15, 0.2) is 5.76 Å². The lowest BCUT2D eigenvalue weighted by Gasteiger charge is -2.08. The molecule has 1 amide bonds. The number of nitrogens with one attached hydrogen (secondary N) is 1. The van der Waals surface area contributed by atoms with E-state index in [2.05, 4.69) is 15.6 Å². The van der Waals surface area contributed by atoms with E-state index in [-0.39, 0.29) is 17.9 Å². The fourth-order valence-electron chi connectivity index (χ4n) is 2.69. The van der Waals surface area contributed by atoms with E-state index in [0.717, 1.165) is 21.6 Å². The zero-order valence-electron chi connectivity index (χ0n) is 16.1. The third kappa shape index (κ3) is 4.28. The molecule has 3 rings (SSSR count). The van der Waals surface area contributed by atoms with Gasteiger partial charge < -0.3 is 9.15 Å². The monoisotopic (exact) mass is 384 g/mol. The molecule has 0 fully saturated rings. The molecule has 0 spiro atoms. The number of hydrogen-bond donors (Lipinski definition) is 1. The Kier molecular flexibility index (Phi) is 5.58. The molecule has 3 aromatic rings. The van der Waals surface area contributed by atoms with Gasteiger partial charge in [0.2, 0.25) is 5.95 Å². The second-order valence-corrected chi connectivity index (χ2v) is 6.44. The van der Waals surface area contributed by atoms with Crippen LogP contribution in [0.1, 0.15) is 38.7 Å². The summed E-state index contributed by atoms with van der Waals surface area (Å²) in [7, 11) is 1.49. The van der Waals surface area contributed by atoms with Crippen LogP contribution in [0.25, 0.3) is 0 Å². The molecule has 0 bridgehead atoms. The fourth-order valence-corrected chi connectivity index (χ4v) is 2.69. The van der Waals surface area contributed by atoms with Crippen molar-refractivity contribution < 1.29 is 18.3 Å². The average molecular weight is 384 g/mol. The minimum absolute atomic E-state index is 0.0831. The molecule has 0 atom stereocenters. The van der Waals surface area contributed by atoms with Crippen LogP contribution in [-0.4, -0.2) is 21.9 Å². The summed E-state index contributed by atoms with van der Waals surface area (Å²) in [5.41, 5.74) is 5.17. The van der Waals surface area contributed by atoms with Gasteiger partial charge in [0, 0.05) is 7.05 Å². The highest BCUT2D eigenvalue weighted by molar-refractivity contribution is 5.92. The molecule has 0 radical (unpaired) electrons. The van der Waals surface area contributed by atoms with Gasteiger partial charge in [0.05, 0.1) is 17.5 Å². The third-order valence-corrected chi connectivity index (χ3v) is 4.14. The number of carbonyl (C=O) groups excluding carboxylic acids is 1. The largest absolute Gasteiger partial charge is 0.485 e. The van der Waals surface area contributed by atoms with Crippen molar-refractivity contribution in [2.24, 2.45) is 12.1 Å². The Bertz CT molecular complexity index is 1040. The van der Waals surface area contributed by atoms with Crippen molar-refractivity contribution in [3.8, 4) is 5.75 Å². The van der Waals surface area contributed by atoms with Crippen molar-refractivity contribution in [1.82, 2.24) is 15.2 Å². The maximum Gasteiger partial charge on any atom is 0.307 e. The molecule has 2 heterocycles. The van der Waals surface area contributed by atoms with E-state index in [1.807, 2.05) is 32.0 Å². The van der Waals surface area contributed by atoms with Gasteiger partial charge in [0.1, 0.15) is 18.1 Å². The van der Waals surface area contributed by atoms with E-state index < -0.39 is 11.9 Å². The summed E-state index contributed by atoms with van der Waals surface area (Å²) in [6.07, 6.45) is 1.21. The molecule has 28 heavy (non-hydrogen) atoms. The van der Waals surface area contributed by atoms with Crippen LogP contribution in [0.15, 0.2) is 39.9 Å². The van der Waals surface area contributed by atoms with E-state index in [1.54, 1.807) is 13.0 Å². The molecule has 8 heteroatoms. The highest BCUT2D eigenvalue weighted by atomic mass is 19.1. The number of carbonyl (C=O) groups is 1. The third-order valence-electron chi connectivity index (χ3n) is 4.14. The summed E-state index contributed by atoms with van der Waals surface area (Å²) in [5.74, 6) is 0.268. The molecule has 1 aromatic carbocycles. The molecular weight excluding hydrogens is 363 g/mol. The van der Waals surface area contributed by atoms with E-state index >= 15 is 0 Å². The fraction of sp³-hybridized carbons (Fsp3) is 0.250. The molecule has 0 aliphatic heterocycles. The van der Waals surface area contributed by atoms with Crippen LogP contribution >= 0.6 is 0 Å². The topological polar surface area (TPSA) is 81.6 Å². The second-order valence-electron chi connectivity index (χ2n) is 6.44. The lowest BCUT2D eigenvalue weighted by Crippen LogP contribution is -2.17. The summed E-state index contributed by atoms with van der Waals surface area (Å²) in [6, 6.07) is 9.08. The maximum atomic E-state index is 13.8. The van der Waals surface area contributed by atoms with Crippen molar-refractivity contribution in [2.75, 3.05) is 0 Å². The SMILES string of the molecule is Cc1ccc(OCc2ccc(C(=O)N/N=C/c3c(C)nn(C)c3F)o2)c(C)c1. The molecule has 7 nitrogen and oxygen atoms in total. The first-order valence-electron chi connectivity index (χ1n) is 8.66. The molecule has 0 aliphatic carbocycles. The molecule has 0 saturated carbocycles. The van der Waals surface area contributed by atoms with Crippen LogP contribution in [0.3, 0.4) is 0 Å². The first-order valence-corrected chi connectivity index (χ1v) is 8.66. The van der Waals surface area contributed by atoms with E-state index in [0.29, 0.717) is 11.5 Å². The van der Waals surface area contributed by atoms with Crippen molar-refractivity contribution in [1.29, 1.82) is 0 Å². The number of aromatic nitrogens is 2. The van der Waals surface area contributed by atoms with Crippen LogP contribution in [-0.2, 0) is 13.7 Å². The first kappa shape index (κ1) is 19.3. The van der Waals surface area contributed by atoms with Crippen molar-refractivity contribution in [3.05, 3.63) is 70.2 Å². The van der Waals surface area contributed by atoms with Crippen LogP contribution < -0.4 is 10.2 Å². The Morgan fingerprint density at radius 1 is 1.32 bits per heavy atom. The Labute approximate surface area is 161 Å². The van der Waals surface area contributed by atoms with Gasteiger partial charge in [-0.15, -0.1) is 0 Å². The van der Waals surface area contributed by atoms with Gasteiger partial charge in [0.25, 0.3) is 0 Å². The first-order chi connectivity index (χ1) is 13.3. The van der Waals surface area contributed by atoms with E-state index in [1.165, 1.54) is 19.3 Å². The minimum atomic E-state index is -0.545. The number of hydrazone groups is 1. The average Bonchev–Trinajstić information content (AvgIpc) is 3.21. The summed E-state index contributed by atoms with van der Waals surface area (Å²) in [5, 5.41) is 7.70. The van der Waals surface area contributed by atoms with Crippen LogP contribution in [0.2, 0.25) is 0 Å². The Hall–Kier alpha value is -3.42. The van der Waals surface area contributed by atoms with Gasteiger partial charge in [-0.25, -0.2) is 10.1 Å². The Balaban J connectivity index is 1.58. The van der Waals surface area contributed by atoms with Crippen molar-refractivity contribution in [3.63, 3.8) is 0 Å². The molecule has 0 aliphatic rings. The Morgan fingerprint density at radius 3 is 2.79 bits per heavy atom. The number of aryl methyl sites for hydroxylation is 4. The molecular formula is C20H21FN4O3. The van der Waals surface area contributed by atoms with E-state index in [9.17, 15) is 9.18 Å². The standard InChI is InChI=1S/C20H21FN4O3/c1-12-5-7-17(13(2)9-12)27-11-15-6-8-18(28-15)20(26)23-22-10-16-14(3)24-25(4)19(16)21/h5-10H,11H2,1-4H3,(H,23,26)/b22-10+. The zero-order chi connectivity index (χ0) is 20.3. The second kappa shape index (κ2) is 8.08. The van der Waals surface area contributed by atoms with Gasteiger partial charge in [-0.3, -0.25) is 4.79 Å².